The molecule has 6 heteroatoms. The first-order valence-corrected chi connectivity index (χ1v) is 8.20. The van der Waals surface area contributed by atoms with Gasteiger partial charge in [-0.25, -0.2) is 4.79 Å². The quantitative estimate of drug-likeness (QED) is 0.634. The van der Waals surface area contributed by atoms with E-state index in [-0.39, 0.29) is 19.1 Å². The Kier molecular flexibility index (Phi) is 9.04. The van der Waals surface area contributed by atoms with Gasteiger partial charge in [0.25, 0.3) is 5.91 Å². The number of carbonyl (C=O) groups is 2. The fourth-order valence-electron chi connectivity index (χ4n) is 2.13. The molecule has 0 aliphatic rings. The van der Waals surface area contributed by atoms with Gasteiger partial charge < -0.3 is 19.9 Å². The summed E-state index contributed by atoms with van der Waals surface area (Å²) in [7, 11) is 0. The molecule has 1 amide bonds. The Balaban J connectivity index is 2.45. The van der Waals surface area contributed by atoms with Crippen LogP contribution in [0.25, 0.3) is 0 Å². The van der Waals surface area contributed by atoms with Crippen LogP contribution in [0, 0.1) is 5.92 Å². The summed E-state index contributed by atoms with van der Waals surface area (Å²) in [5.41, 5.74) is 0.953. The van der Waals surface area contributed by atoms with Gasteiger partial charge in [0.05, 0.1) is 19.8 Å². The molecule has 134 valence electrons. The Morgan fingerprint density at radius 3 is 2.46 bits per heavy atom. The van der Waals surface area contributed by atoms with E-state index in [1.54, 1.807) is 6.92 Å². The SMILES string of the molecule is CCOC(=O)[C@H](CC(C)C)NC(=O)[C@H](O)COCc1ccccc1. The number of esters is 1. The summed E-state index contributed by atoms with van der Waals surface area (Å²) in [6.07, 6.45) is -0.889. The number of benzene rings is 1. The summed E-state index contributed by atoms with van der Waals surface area (Å²) in [4.78, 5) is 23.9. The normalized spacial score (nSPS) is 13.4. The van der Waals surface area contributed by atoms with Gasteiger partial charge in [-0.05, 0) is 24.8 Å². The second-order valence-electron chi connectivity index (χ2n) is 5.96. The van der Waals surface area contributed by atoms with Gasteiger partial charge >= 0.3 is 5.97 Å². The number of carbonyl (C=O) groups excluding carboxylic acids is 2. The molecule has 0 unspecified atom stereocenters. The molecule has 24 heavy (non-hydrogen) atoms. The van der Waals surface area contributed by atoms with Gasteiger partial charge in [0.1, 0.15) is 6.04 Å². The monoisotopic (exact) mass is 337 g/mol. The van der Waals surface area contributed by atoms with Crippen LogP contribution in [0.3, 0.4) is 0 Å². The summed E-state index contributed by atoms with van der Waals surface area (Å²) < 4.78 is 10.3. The van der Waals surface area contributed by atoms with Crippen LogP contribution in [-0.2, 0) is 25.7 Å². The highest BCUT2D eigenvalue weighted by atomic mass is 16.5. The molecule has 6 nitrogen and oxygen atoms in total. The summed E-state index contributed by atoms with van der Waals surface area (Å²) in [6.45, 7) is 6.00. The van der Waals surface area contributed by atoms with E-state index in [1.807, 2.05) is 44.2 Å². The number of nitrogens with one attached hydrogen (secondary N) is 1. The maximum absolute atomic E-state index is 12.0. The highest BCUT2D eigenvalue weighted by molar-refractivity contribution is 5.86. The van der Waals surface area contributed by atoms with Gasteiger partial charge in [0, 0.05) is 0 Å². The van der Waals surface area contributed by atoms with Gasteiger partial charge in [-0.15, -0.1) is 0 Å². The average Bonchev–Trinajstić information content (AvgIpc) is 2.54. The van der Waals surface area contributed by atoms with Crippen LogP contribution < -0.4 is 5.32 Å². The molecule has 0 aromatic heterocycles. The van der Waals surface area contributed by atoms with E-state index in [4.69, 9.17) is 9.47 Å². The molecule has 1 aromatic rings. The molecular formula is C18H27NO5. The third kappa shape index (κ3) is 7.57. The van der Waals surface area contributed by atoms with Crippen LogP contribution in [0.4, 0.5) is 0 Å². The first-order chi connectivity index (χ1) is 11.4. The maximum Gasteiger partial charge on any atom is 0.328 e. The largest absolute Gasteiger partial charge is 0.464 e. The zero-order valence-electron chi connectivity index (χ0n) is 14.5. The van der Waals surface area contributed by atoms with E-state index in [0.29, 0.717) is 13.0 Å². The Labute approximate surface area is 143 Å². The lowest BCUT2D eigenvalue weighted by atomic mass is 10.0. The Hall–Kier alpha value is -1.92. The van der Waals surface area contributed by atoms with E-state index in [1.165, 1.54) is 0 Å². The molecule has 0 aliphatic carbocycles. The molecular weight excluding hydrogens is 310 g/mol. The van der Waals surface area contributed by atoms with Crippen LogP contribution in [0.2, 0.25) is 0 Å². The molecule has 0 aliphatic heterocycles. The standard InChI is InChI=1S/C18H27NO5/c1-4-24-18(22)15(10-13(2)3)19-17(21)16(20)12-23-11-14-8-6-5-7-9-14/h5-9,13,15-16,20H,4,10-12H2,1-3H3,(H,19,21)/t15-,16+/m0/s1. The second kappa shape index (κ2) is 10.8. The van der Waals surface area contributed by atoms with Crippen molar-refractivity contribution in [2.45, 2.75) is 45.9 Å². The van der Waals surface area contributed by atoms with Crippen molar-refractivity contribution in [3.63, 3.8) is 0 Å². The van der Waals surface area contributed by atoms with E-state index in [9.17, 15) is 14.7 Å². The van der Waals surface area contributed by atoms with Crippen molar-refractivity contribution in [1.82, 2.24) is 5.32 Å². The van der Waals surface area contributed by atoms with Crippen molar-refractivity contribution in [1.29, 1.82) is 0 Å². The molecule has 0 saturated heterocycles. The lowest BCUT2D eigenvalue weighted by Crippen LogP contribution is -2.48. The minimum absolute atomic E-state index is 0.141. The Bertz CT molecular complexity index is 503. The summed E-state index contributed by atoms with van der Waals surface area (Å²) in [5.74, 6) is -0.926. The van der Waals surface area contributed by atoms with Crippen molar-refractivity contribution < 1.29 is 24.2 Å². The van der Waals surface area contributed by atoms with E-state index in [0.717, 1.165) is 5.56 Å². The number of hydrogen-bond acceptors (Lipinski definition) is 5. The molecule has 1 aromatic carbocycles. The van der Waals surface area contributed by atoms with Crippen LogP contribution in [0.1, 0.15) is 32.8 Å². The Morgan fingerprint density at radius 1 is 1.21 bits per heavy atom. The summed E-state index contributed by atoms with van der Waals surface area (Å²) >= 11 is 0. The molecule has 0 fully saturated rings. The third-order valence-corrected chi connectivity index (χ3v) is 3.28. The molecule has 2 atom stereocenters. The highest BCUT2D eigenvalue weighted by Gasteiger charge is 2.26. The van der Waals surface area contributed by atoms with Crippen molar-refractivity contribution in [2.24, 2.45) is 5.92 Å². The van der Waals surface area contributed by atoms with E-state index in [2.05, 4.69) is 5.32 Å². The Morgan fingerprint density at radius 2 is 1.88 bits per heavy atom. The molecule has 1 rings (SSSR count). The smallest absolute Gasteiger partial charge is 0.328 e. The second-order valence-corrected chi connectivity index (χ2v) is 5.96. The van der Waals surface area contributed by atoms with Gasteiger partial charge in [0.15, 0.2) is 6.10 Å². The number of hydrogen-bond donors (Lipinski definition) is 2. The van der Waals surface area contributed by atoms with Crippen molar-refractivity contribution >= 4 is 11.9 Å². The first-order valence-electron chi connectivity index (χ1n) is 8.20. The van der Waals surface area contributed by atoms with Gasteiger partial charge in [0.2, 0.25) is 0 Å². The van der Waals surface area contributed by atoms with E-state index < -0.39 is 24.0 Å². The number of rotatable bonds is 10. The summed E-state index contributed by atoms with van der Waals surface area (Å²) in [6, 6.07) is 8.70. The predicted octanol–water partition coefficient (Wildman–Crippen LogP) is 1.66. The third-order valence-electron chi connectivity index (χ3n) is 3.28. The molecule has 0 radical (unpaired) electrons. The zero-order chi connectivity index (χ0) is 17.9. The number of ether oxygens (including phenoxy) is 2. The summed E-state index contributed by atoms with van der Waals surface area (Å²) in [5, 5.41) is 12.4. The van der Waals surface area contributed by atoms with Crippen LogP contribution in [0.5, 0.6) is 0 Å². The minimum Gasteiger partial charge on any atom is -0.464 e. The van der Waals surface area contributed by atoms with Gasteiger partial charge in [-0.2, -0.15) is 0 Å². The molecule has 0 bridgehead atoms. The number of amides is 1. The number of aliphatic hydroxyl groups is 1. The van der Waals surface area contributed by atoms with E-state index >= 15 is 0 Å². The molecule has 0 heterocycles. The van der Waals surface area contributed by atoms with Crippen LogP contribution >= 0.6 is 0 Å². The number of aliphatic hydroxyl groups excluding tert-OH is 1. The highest BCUT2D eigenvalue weighted by Crippen LogP contribution is 2.07. The van der Waals surface area contributed by atoms with Crippen molar-refractivity contribution in [3.8, 4) is 0 Å². The molecule has 0 spiro atoms. The fourth-order valence-corrected chi connectivity index (χ4v) is 2.13. The lowest BCUT2D eigenvalue weighted by molar-refractivity contribution is -0.149. The average molecular weight is 337 g/mol. The zero-order valence-corrected chi connectivity index (χ0v) is 14.5. The minimum atomic E-state index is -1.34. The molecule has 2 N–H and O–H groups in total. The fraction of sp³-hybridized carbons (Fsp3) is 0.556. The first kappa shape index (κ1) is 20.1. The van der Waals surface area contributed by atoms with Gasteiger partial charge in [-0.1, -0.05) is 44.2 Å². The molecule has 0 saturated carbocycles. The van der Waals surface area contributed by atoms with Crippen molar-refractivity contribution in [2.75, 3.05) is 13.2 Å². The van der Waals surface area contributed by atoms with Crippen LogP contribution in [-0.4, -0.2) is 42.3 Å². The van der Waals surface area contributed by atoms with Crippen molar-refractivity contribution in [3.05, 3.63) is 35.9 Å². The lowest BCUT2D eigenvalue weighted by Gasteiger charge is -2.20. The maximum atomic E-state index is 12.0. The van der Waals surface area contributed by atoms with Crippen LogP contribution in [0.15, 0.2) is 30.3 Å². The predicted molar refractivity (Wildman–Crippen MR) is 90.1 cm³/mol. The van der Waals surface area contributed by atoms with Gasteiger partial charge in [-0.3, -0.25) is 4.79 Å². The topological polar surface area (TPSA) is 84.9 Å².